The monoisotopic (exact) mass is 250 g/mol. The summed E-state index contributed by atoms with van der Waals surface area (Å²) in [4.78, 5) is 2.51. The Morgan fingerprint density at radius 2 is 2.22 bits per heavy atom. The Morgan fingerprint density at radius 1 is 1.44 bits per heavy atom. The van der Waals surface area contributed by atoms with E-state index in [-0.39, 0.29) is 0 Å². The molecule has 1 aliphatic carbocycles. The van der Waals surface area contributed by atoms with Crippen LogP contribution in [-0.2, 0) is 13.1 Å². The Labute approximate surface area is 111 Å². The number of furan rings is 1. The fraction of sp³-hybridized carbons (Fsp3) is 0.733. The molecule has 0 atom stereocenters. The van der Waals surface area contributed by atoms with Crippen molar-refractivity contribution >= 4 is 0 Å². The molecule has 3 heteroatoms. The minimum atomic E-state index is 0.820. The van der Waals surface area contributed by atoms with E-state index in [1.54, 1.807) is 0 Å². The van der Waals surface area contributed by atoms with Crippen LogP contribution in [0.25, 0.3) is 0 Å². The molecule has 2 rings (SSSR count). The van der Waals surface area contributed by atoms with Gasteiger partial charge in [-0.15, -0.1) is 0 Å². The lowest BCUT2D eigenvalue weighted by molar-refractivity contribution is 0.168. The molecule has 0 amide bonds. The predicted octanol–water partition coefficient (Wildman–Crippen LogP) is 2.93. The lowest BCUT2D eigenvalue weighted by Gasteiger charge is -2.31. The van der Waals surface area contributed by atoms with Gasteiger partial charge in [-0.1, -0.05) is 13.3 Å². The van der Waals surface area contributed by atoms with Crippen molar-refractivity contribution in [2.75, 3.05) is 20.1 Å². The summed E-state index contributed by atoms with van der Waals surface area (Å²) in [5, 5.41) is 3.15. The van der Waals surface area contributed by atoms with Crippen molar-refractivity contribution in [1.29, 1.82) is 0 Å². The minimum absolute atomic E-state index is 0.820. The standard InChI is InChI=1S/C15H26N2O/c1-4-17(10-13-6-5-7-13)11-14-8-12(2)15(18-14)9-16-3/h8,13,16H,4-7,9-11H2,1-3H3. The van der Waals surface area contributed by atoms with Crippen LogP contribution in [-0.4, -0.2) is 25.0 Å². The maximum atomic E-state index is 5.92. The molecule has 0 bridgehead atoms. The first kappa shape index (κ1) is 13.6. The third-order valence-corrected chi connectivity index (χ3v) is 3.98. The molecule has 1 fully saturated rings. The third-order valence-electron chi connectivity index (χ3n) is 3.98. The van der Waals surface area contributed by atoms with E-state index in [1.807, 2.05) is 7.05 Å². The summed E-state index contributed by atoms with van der Waals surface area (Å²) in [5.74, 6) is 3.11. The largest absolute Gasteiger partial charge is 0.463 e. The number of nitrogens with one attached hydrogen (secondary N) is 1. The lowest BCUT2D eigenvalue weighted by Crippen LogP contribution is -2.31. The molecule has 0 aliphatic heterocycles. The van der Waals surface area contributed by atoms with Crippen molar-refractivity contribution in [2.45, 2.75) is 46.2 Å². The highest BCUT2D eigenvalue weighted by Crippen LogP contribution is 2.27. The van der Waals surface area contributed by atoms with Gasteiger partial charge in [0.25, 0.3) is 0 Å². The zero-order valence-corrected chi connectivity index (χ0v) is 12.0. The summed E-state index contributed by atoms with van der Waals surface area (Å²) in [6.45, 7) is 8.48. The van der Waals surface area contributed by atoms with E-state index in [2.05, 4.69) is 30.1 Å². The zero-order chi connectivity index (χ0) is 13.0. The van der Waals surface area contributed by atoms with E-state index < -0.39 is 0 Å². The van der Waals surface area contributed by atoms with E-state index in [0.717, 1.165) is 37.1 Å². The first-order valence-corrected chi connectivity index (χ1v) is 7.18. The van der Waals surface area contributed by atoms with Gasteiger partial charge in [-0.25, -0.2) is 0 Å². The highest BCUT2D eigenvalue weighted by atomic mass is 16.3. The van der Waals surface area contributed by atoms with Crippen molar-refractivity contribution < 1.29 is 4.42 Å². The van der Waals surface area contributed by atoms with Gasteiger partial charge in [0, 0.05) is 6.54 Å². The van der Waals surface area contributed by atoms with Gasteiger partial charge in [0.2, 0.25) is 0 Å². The summed E-state index contributed by atoms with van der Waals surface area (Å²) in [6.07, 6.45) is 4.26. The van der Waals surface area contributed by atoms with Gasteiger partial charge >= 0.3 is 0 Å². The van der Waals surface area contributed by atoms with Crippen LogP contribution in [0.2, 0.25) is 0 Å². The van der Waals surface area contributed by atoms with Crippen LogP contribution in [0.15, 0.2) is 10.5 Å². The molecule has 0 spiro atoms. The first-order chi connectivity index (χ1) is 8.72. The summed E-state index contributed by atoms with van der Waals surface area (Å²) >= 11 is 0. The van der Waals surface area contributed by atoms with Gasteiger partial charge in [0.1, 0.15) is 11.5 Å². The van der Waals surface area contributed by atoms with Crippen molar-refractivity contribution in [3.8, 4) is 0 Å². The van der Waals surface area contributed by atoms with Gasteiger partial charge in [-0.3, -0.25) is 4.90 Å². The Balaban J connectivity index is 1.91. The summed E-state index contributed by atoms with van der Waals surface area (Å²) in [6, 6.07) is 2.19. The van der Waals surface area contributed by atoms with Crippen LogP contribution >= 0.6 is 0 Å². The van der Waals surface area contributed by atoms with E-state index in [4.69, 9.17) is 4.42 Å². The molecular weight excluding hydrogens is 224 g/mol. The molecule has 1 saturated carbocycles. The molecule has 0 saturated heterocycles. The Morgan fingerprint density at radius 3 is 2.78 bits per heavy atom. The third kappa shape index (κ3) is 3.36. The molecule has 0 unspecified atom stereocenters. The van der Waals surface area contributed by atoms with E-state index in [9.17, 15) is 0 Å². The molecule has 0 aromatic carbocycles. The topological polar surface area (TPSA) is 28.4 Å². The molecule has 102 valence electrons. The Bertz CT molecular complexity index is 369. The fourth-order valence-corrected chi connectivity index (χ4v) is 2.57. The smallest absolute Gasteiger partial charge is 0.120 e. The fourth-order valence-electron chi connectivity index (χ4n) is 2.57. The summed E-state index contributed by atoms with van der Waals surface area (Å²) < 4.78 is 5.92. The second-order valence-electron chi connectivity index (χ2n) is 5.47. The van der Waals surface area contributed by atoms with Crippen LogP contribution in [0, 0.1) is 12.8 Å². The summed E-state index contributed by atoms with van der Waals surface area (Å²) in [7, 11) is 1.95. The average Bonchev–Trinajstić information content (AvgIpc) is 2.63. The normalized spacial score (nSPS) is 16.2. The molecule has 1 heterocycles. The zero-order valence-electron chi connectivity index (χ0n) is 12.0. The Hall–Kier alpha value is -0.800. The average molecular weight is 250 g/mol. The minimum Gasteiger partial charge on any atom is -0.463 e. The van der Waals surface area contributed by atoms with Crippen LogP contribution < -0.4 is 5.32 Å². The van der Waals surface area contributed by atoms with Gasteiger partial charge in [-0.2, -0.15) is 0 Å². The molecule has 1 N–H and O–H groups in total. The SMILES string of the molecule is CCN(Cc1cc(C)c(CNC)o1)CC1CCC1. The van der Waals surface area contributed by atoms with Crippen LogP contribution in [0.1, 0.15) is 43.3 Å². The van der Waals surface area contributed by atoms with Crippen molar-refractivity contribution in [1.82, 2.24) is 10.2 Å². The van der Waals surface area contributed by atoms with Crippen LogP contribution in [0.3, 0.4) is 0 Å². The maximum absolute atomic E-state index is 5.92. The van der Waals surface area contributed by atoms with Crippen LogP contribution in [0.4, 0.5) is 0 Å². The summed E-state index contributed by atoms with van der Waals surface area (Å²) in [5.41, 5.74) is 1.26. The predicted molar refractivity (Wildman–Crippen MR) is 74.5 cm³/mol. The number of hydrogen-bond donors (Lipinski definition) is 1. The van der Waals surface area contributed by atoms with Gasteiger partial charge in [0.15, 0.2) is 0 Å². The number of hydrogen-bond acceptors (Lipinski definition) is 3. The highest BCUT2D eigenvalue weighted by Gasteiger charge is 2.20. The molecule has 1 aromatic heterocycles. The molecule has 3 nitrogen and oxygen atoms in total. The molecule has 18 heavy (non-hydrogen) atoms. The number of nitrogens with zero attached hydrogens (tertiary/aromatic N) is 1. The van der Waals surface area contributed by atoms with Gasteiger partial charge < -0.3 is 9.73 Å². The molecular formula is C15H26N2O. The lowest BCUT2D eigenvalue weighted by atomic mass is 9.85. The Kier molecular flexibility index (Phi) is 4.84. The first-order valence-electron chi connectivity index (χ1n) is 7.18. The van der Waals surface area contributed by atoms with Crippen molar-refractivity contribution in [2.24, 2.45) is 5.92 Å². The van der Waals surface area contributed by atoms with Crippen molar-refractivity contribution in [3.05, 3.63) is 23.2 Å². The van der Waals surface area contributed by atoms with E-state index in [1.165, 1.54) is 31.4 Å². The maximum Gasteiger partial charge on any atom is 0.120 e. The number of aryl methyl sites for hydroxylation is 1. The van der Waals surface area contributed by atoms with E-state index in [0.29, 0.717) is 0 Å². The second-order valence-corrected chi connectivity index (χ2v) is 5.47. The molecule has 1 aliphatic rings. The van der Waals surface area contributed by atoms with Crippen LogP contribution in [0.5, 0.6) is 0 Å². The molecule has 0 radical (unpaired) electrons. The molecule has 1 aromatic rings. The van der Waals surface area contributed by atoms with E-state index >= 15 is 0 Å². The number of rotatable bonds is 7. The highest BCUT2D eigenvalue weighted by molar-refractivity contribution is 5.20. The second kappa shape index (κ2) is 6.39. The van der Waals surface area contributed by atoms with Crippen molar-refractivity contribution in [3.63, 3.8) is 0 Å². The quantitative estimate of drug-likeness (QED) is 0.806. The van der Waals surface area contributed by atoms with Gasteiger partial charge in [0.05, 0.1) is 13.1 Å². The van der Waals surface area contributed by atoms with Gasteiger partial charge in [-0.05, 0) is 50.9 Å².